The Morgan fingerprint density at radius 1 is 1.06 bits per heavy atom. The van der Waals surface area contributed by atoms with Crippen molar-refractivity contribution >= 4 is 34.8 Å². The minimum Gasteiger partial charge on any atom is -0.482 e. The highest BCUT2D eigenvalue weighted by atomic mass is 35.5. The van der Waals surface area contributed by atoms with Crippen LogP contribution in [0.4, 0.5) is 11.4 Å². The molecule has 1 aliphatic heterocycles. The Labute approximate surface area is 195 Å². The summed E-state index contributed by atoms with van der Waals surface area (Å²) in [5.74, 6) is 0.911. The molecule has 172 valence electrons. The number of nitrogens with one attached hydrogen (secondary N) is 1. The Morgan fingerprint density at radius 2 is 1.72 bits per heavy atom. The number of aryl methyl sites for hydroxylation is 2. The highest BCUT2D eigenvalue weighted by Gasteiger charge is 2.21. The van der Waals surface area contributed by atoms with Crippen molar-refractivity contribution in [2.75, 3.05) is 43.0 Å². The van der Waals surface area contributed by atoms with Crippen LogP contribution >= 0.6 is 11.6 Å². The van der Waals surface area contributed by atoms with Crippen LogP contribution in [0.1, 0.15) is 31.4 Å². The highest BCUT2D eigenvalue weighted by molar-refractivity contribution is 6.32. The smallest absolute Gasteiger partial charge is 0.262 e. The van der Waals surface area contributed by atoms with Crippen LogP contribution in [0.2, 0.25) is 5.02 Å². The number of halogens is 1. The molecule has 3 rings (SSSR count). The second kappa shape index (κ2) is 10.7. The van der Waals surface area contributed by atoms with E-state index < -0.39 is 0 Å². The summed E-state index contributed by atoms with van der Waals surface area (Å²) in [4.78, 5) is 28.8. The number of hydrogen-bond acceptors (Lipinski definition) is 4. The summed E-state index contributed by atoms with van der Waals surface area (Å²) in [6.45, 7) is 11.0. The van der Waals surface area contributed by atoms with Gasteiger partial charge in [0, 0.05) is 44.0 Å². The third-order valence-corrected chi connectivity index (χ3v) is 5.73. The molecule has 0 aromatic heterocycles. The first-order valence-corrected chi connectivity index (χ1v) is 11.4. The van der Waals surface area contributed by atoms with Gasteiger partial charge in [-0.25, -0.2) is 0 Å². The van der Waals surface area contributed by atoms with Gasteiger partial charge in [0.15, 0.2) is 6.61 Å². The molecule has 2 aromatic carbocycles. The molecule has 0 aliphatic carbocycles. The van der Waals surface area contributed by atoms with Gasteiger partial charge < -0.3 is 19.9 Å². The molecule has 1 fully saturated rings. The van der Waals surface area contributed by atoms with Gasteiger partial charge in [0.05, 0.1) is 5.02 Å². The molecule has 6 nitrogen and oxygen atoms in total. The zero-order chi connectivity index (χ0) is 23.3. The maximum absolute atomic E-state index is 12.3. The van der Waals surface area contributed by atoms with E-state index in [1.54, 1.807) is 0 Å². The van der Waals surface area contributed by atoms with Crippen molar-refractivity contribution in [2.24, 2.45) is 5.92 Å². The second-order valence-electron chi connectivity index (χ2n) is 8.74. The van der Waals surface area contributed by atoms with Gasteiger partial charge in [-0.3, -0.25) is 9.59 Å². The van der Waals surface area contributed by atoms with Crippen molar-refractivity contribution in [1.82, 2.24) is 4.90 Å². The summed E-state index contributed by atoms with van der Waals surface area (Å²) in [7, 11) is 0. The van der Waals surface area contributed by atoms with Crippen molar-refractivity contribution in [2.45, 2.75) is 34.1 Å². The van der Waals surface area contributed by atoms with E-state index in [1.165, 1.54) is 0 Å². The number of benzene rings is 2. The van der Waals surface area contributed by atoms with Crippen LogP contribution in [0, 0.1) is 19.8 Å². The monoisotopic (exact) mass is 457 g/mol. The summed E-state index contributed by atoms with van der Waals surface area (Å²) >= 11 is 6.23. The lowest BCUT2D eigenvalue weighted by molar-refractivity contribution is -0.132. The first kappa shape index (κ1) is 23.9. The molecule has 1 N–H and O–H groups in total. The van der Waals surface area contributed by atoms with E-state index in [0.29, 0.717) is 28.8 Å². The number of carbonyl (C=O) groups excluding carboxylic acids is 2. The number of piperazine rings is 1. The fraction of sp³-hybridized carbons (Fsp3) is 0.440. The van der Waals surface area contributed by atoms with Gasteiger partial charge in [-0.05, 0) is 61.2 Å². The molecule has 0 spiro atoms. The van der Waals surface area contributed by atoms with Gasteiger partial charge in [-0.2, -0.15) is 0 Å². The summed E-state index contributed by atoms with van der Waals surface area (Å²) in [6.07, 6.45) is 0.605. The zero-order valence-corrected chi connectivity index (χ0v) is 20.0. The Hall–Kier alpha value is -2.73. The largest absolute Gasteiger partial charge is 0.482 e. The van der Waals surface area contributed by atoms with Crippen LogP contribution in [-0.2, 0) is 9.59 Å². The molecule has 0 saturated carbocycles. The highest BCUT2D eigenvalue weighted by Crippen LogP contribution is 2.29. The van der Waals surface area contributed by atoms with E-state index in [1.807, 2.05) is 55.1 Å². The van der Waals surface area contributed by atoms with E-state index in [-0.39, 0.29) is 18.4 Å². The number of anilines is 2. The Kier molecular flexibility index (Phi) is 8.02. The lowest BCUT2D eigenvalue weighted by Crippen LogP contribution is -2.49. The van der Waals surface area contributed by atoms with Crippen LogP contribution in [0.5, 0.6) is 5.75 Å². The van der Waals surface area contributed by atoms with Crippen LogP contribution in [-0.4, -0.2) is 49.5 Å². The first-order valence-electron chi connectivity index (χ1n) is 11.0. The van der Waals surface area contributed by atoms with Crippen molar-refractivity contribution in [3.63, 3.8) is 0 Å². The Balaban J connectivity index is 1.49. The van der Waals surface area contributed by atoms with E-state index >= 15 is 0 Å². The molecular formula is C25H32ClN3O3. The normalized spacial score (nSPS) is 13.9. The summed E-state index contributed by atoms with van der Waals surface area (Å²) in [5, 5.41) is 3.36. The SMILES string of the molecule is Cc1cc(C)c(OCC(=O)Nc2ccc(N3CCN(C(=O)CC(C)C)CC3)cc2)c(Cl)c1. The van der Waals surface area contributed by atoms with E-state index in [9.17, 15) is 9.59 Å². The standard InChI is InChI=1S/C25H32ClN3O3/c1-17(2)13-24(31)29-11-9-28(10-12-29)21-7-5-20(6-8-21)27-23(30)16-32-25-19(4)14-18(3)15-22(25)26/h5-8,14-15,17H,9-13,16H2,1-4H3,(H,27,30). The third kappa shape index (κ3) is 6.39. The molecule has 0 radical (unpaired) electrons. The van der Waals surface area contributed by atoms with E-state index in [2.05, 4.69) is 24.1 Å². The van der Waals surface area contributed by atoms with Crippen molar-refractivity contribution in [3.05, 3.63) is 52.5 Å². The molecule has 1 heterocycles. The van der Waals surface area contributed by atoms with Gasteiger partial charge >= 0.3 is 0 Å². The van der Waals surface area contributed by atoms with Crippen molar-refractivity contribution in [1.29, 1.82) is 0 Å². The lowest BCUT2D eigenvalue weighted by atomic mass is 10.1. The van der Waals surface area contributed by atoms with E-state index in [0.717, 1.165) is 43.0 Å². The predicted molar refractivity (Wildman–Crippen MR) is 130 cm³/mol. The number of carbonyl (C=O) groups is 2. The van der Waals surface area contributed by atoms with Gasteiger partial charge in [0.2, 0.25) is 5.91 Å². The average molecular weight is 458 g/mol. The van der Waals surface area contributed by atoms with Crippen molar-refractivity contribution < 1.29 is 14.3 Å². The Morgan fingerprint density at radius 3 is 2.31 bits per heavy atom. The zero-order valence-electron chi connectivity index (χ0n) is 19.3. The van der Waals surface area contributed by atoms with Gasteiger partial charge in [-0.1, -0.05) is 31.5 Å². The fourth-order valence-corrected chi connectivity index (χ4v) is 4.24. The van der Waals surface area contributed by atoms with Crippen LogP contribution < -0.4 is 15.0 Å². The number of hydrogen-bond donors (Lipinski definition) is 1. The first-order chi connectivity index (χ1) is 15.2. The molecule has 0 atom stereocenters. The molecule has 7 heteroatoms. The summed E-state index contributed by atoms with van der Waals surface area (Å²) in [6, 6.07) is 11.5. The maximum atomic E-state index is 12.3. The van der Waals surface area contributed by atoms with Crippen LogP contribution in [0.3, 0.4) is 0 Å². The lowest BCUT2D eigenvalue weighted by Gasteiger charge is -2.36. The van der Waals surface area contributed by atoms with Crippen LogP contribution in [0.25, 0.3) is 0 Å². The molecule has 1 aliphatic rings. The van der Waals surface area contributed by atoms with Gasteiger partial charge in [0.25, 0.3) is 5.91 Å². The number of amides is 2. The molecular weight excluding hydrogens is 426 g/mol. The average Bonchev–Trinajstić information content (AvgIpc) is 2.73. The number of ether oxygens (including phenoxy) is 1. The molecule has 32 heavy (non-hydrogen) atoms. The predicted octanol–water partition coefficient (Wildman–Crippen LogP) is 4.67. The van der Waals surface area contributed by atoms with E-state index in [4.69, 9.17) is 16.3 Å². The minimum atomic E-state index is -0.244. The number of rotatable bonds is 7. The summed E-state index contributed by atoms with van der Waals surface area (Å²) in [5.41, 5.74) is 3.74. The molecule has 0 unspecified atom stereocenters. The molecule has 0 bridgehead atoms. The third-order valence-electron chi connectivity index (χ3n) is 5.45. The Bertz CT molecular complexity index is 928. The fourth-order valence-electron chi connectivity index (χ4n) is 3.87. The van der Waals surface area contributed by atoms with Gasteiger partial charge in [0.1, 0.15) is 5.75 Å². The quantitative estimate of drug-likeness (QED) is 0.656. The van der Waals surface area contributed by atoms with Crippen LogP contribution in [0.15, 0.2) is 36.4 Å². The maximum Gasteiger partial charge on any atom is 0.262 e. The number of nitrogens with zero attached hydrogens (tertiary/aromatic N) is 2. The minimum absolute atomic E-state index is 0.113. The van der Waals surface area contributed by atoms with Gasteiger partial charge in [-0.15, -0.1) is 0 Å². The molecule has 1 saturated heterocycles. The molecule has 2 amide bonds. The second-order valence-corrected chi connectivity index (χ2v) is 9.15. The van der Waals surface area contributed by atoms with Crippen molar-refractivity contribution in [3.8, 4) is 5.75 Å². The summed E-state index contributed by atoms with van der Waals surface area (Å²) < 4.78 is 5.64. The topological polar surface area (TPSA) is 61.9 Å². The molecule has 2 aromatic rings.